The Hall–Kier alpha value is -1.64. The van der Waals surface area contributed by atoms with Crippen LogP contribution in [0.25, 0.3) is 0 Å². The van der Waals surface area contributed by atoms with Crippen LogP contribution in [0.5, 0.6) is 0 Å². The van der Waals surface area contributed by atoms with Crippen LogP contribution < -0.4 is 5.32 Å². The molecule has 0 aromatic heterocycles. The molecule has 0 saturated carbocycles. The highest BCUT2D eigenvalue weighted by molar-refractivity contribution is 5.97. The third-order valence-corrected chi connectivity index (χ3v) is 3.31. The summed E-state index contributed by atoms with van der Waals surface area (Å²) in [5.74, 6) is 0.00749. The van der Waals surface area contributed by atoms with E-state index >= 15 is 0 Å². The molecule has 0 fully saturated rings. The van der Waals surface area contributed by atoms with Crippen molar-refractivity contribution in [3.8, 4) is 0 Å². The molecule has 1 N–H and O–H groups in total. The fourth-order valence-electron chi connectivity index (χ4n) is 1.98. The van der Waals surface area contributed by atoms with Gasteiger partial charge < -0.3 is 5.32 Å². The van der Waals surface area contributed by atoms with Crippen molar-refractivity contribution in [2.45, 2.75) is 52.4 Å². The van der Waals surface area contributed by atoms with Gasteiger partial charge in [0.05, 0.1) is 0 Å². The molecule has 0 atom stereocenters. The Labute approximate surface area is 121 Å². The third kappa shape index (κ3) is 6.50. The zero-order valence-electron chi connectivity index (χ0n) is 12.6. The van der Waals surface area contributed by atoms with Gasteiger partial charge in [-0.05, 0) is 13.3 Å². The van der Waals surface area contributed by atoms with Crippen molar-refractivity contribution in [3.05, 3.63) is 35.4 Å². The molecule has 3 nitrogen and oxygen atoms in total. The number of carbonyl (C=O) groups excluding carboxylic acids is 2. The minimum absolute atomic E-state index is 0.0260. The maximum Gasteiger partial charge on any atom is 0.220 e. The van der Waals surface area contributed by atoms with Crippen LogP contribution in [0.3, 0.4) is 0 Å². The van der Waals surface area contributed by atoms with Crippen LogP contribution >= 0.6 is 0 Å². The van der Waals surface area contributed by atoms with E-state index in [9.17, 15) is 9.59 Å². The second kappa shape index (κ2) is 9.29. The molecule has 0 aliphatic carbocycles. The summed E-state index contributed by atoms with van der Waals surface area (Å²) in [7, 11) is 0. The molecule has 1 aromatic carbocycles. The first-order chi connectivity index (χ1) is 9.63. The summed E-state index contributed by atoms with van der Waals surface area (Å²) in [6, 6.07) is 7.47. The molecular formula is C17H25NO2. The van der Waals surface area contributed by atoms with Gasteiger partial charge in [-0.3, -0.25) is 9.59 Å². The van der Waals surface area contributed by atoms with E-state index in [2.05, 4.69) is 12.2 Å². The van der Waals surface area contributed by atoms with E-state index in [1.807, 2.05) is 31.2 Å². The number of nitrogens with one attached hydrogen (secondary N) is 1. The lowest BCUT2D eigenvalue weighted by molar-refractivity contribution is -0.121. The topological polar surface area (TPSA) is 46.2 Å². The highest BCUT2D eigenvalue weighted by atomic mass is 16.2. The summed E-state index contributed by atoms with van der Waals surface area (Å²) in [6.07, 6.45) is 5.13. The summed E-state index contributed by atoms with van der Waals surface area (Å²) < 4.78 is 0. The molecule has 0 aliphatic rings. The first kappa shape index (κ1) is 16.4. The van der Waals surface area contributed by atoms with Crippen LogP contribution in [0.4, 0.5) is 0 Å². The summed E-state index contributed by atoms with van der Waals surface area (Å²) in [6.45, 7) is 4.87. The van der Waals surface area contributed by atoms with Gasteiger partial charge in [0.2, 0.25) is 5.91 Å². The number of Topliss-reactive ketones (excluding diaryl/α,β-unsaturated/α-hetero) is 1. The Balaban J connectivity index is 2.20. The molecular weight excluding hydrogens is 250 g/mol. The van der Waals surface area contributed by atoms with E-state index in [0.29, 0.717) is 5.56 Å². The van der Waals surface area contributed by atoms with Crippen LogP contribution in [0, 0.1) is 6.92 Å². The van der Waals surface area contributed by atoms with Crippen LogP contribution in [0.1, 0.15) is 61.4 Å². The quantitative estimate of drug-likeness (QED) is 0.552. The average molecular weight is 275 g/mol. The lowest BCUT2D eigenvalue weighted by atomic mass is 10.0. The average Bonchev–Trinajstić information content (AvgIpc) is 2.45. The number of rotatable bonds is 9. The summed E-state index contributed by atoms with van der Waals surface area (Å²) in [4.78, 5) is 23.5. The van der Waals surface area contributed by atoms with Crippen molar-refractivity contribution in [2.75, 3.05) is 6.54 Å². The second-order valence-electron chi connectivity index (χ2n) is 5.20. The predicted molar refractivity (Wildman–Crippen MR) is 81.9 cm³/mol. The van der Waals surface area contributed by atoms with Gasteiger partial charge in [-0.2, -0.15) is 0 Å². The molecule has 3 heteroatoms. The fraction of sp³-hybridized carbons (Fsp3) is 0.529. The van der Waals surface area contributed by atoms with E-state index in [1.54, 1.807) is 0 Å². The van der Waals surface area contributed by atoms with Crippen LogP contribution in [0.15, 0.2) is 24.3 Å². The minimum Gasteiger partial charge on any atom is -0.356 e. The van der Waals surface area contributed by atoms with E-state index in [-0.39, 0.29) is 24.5 Å². The van der Waals surface area contributed by atoms with Gasteiger partial charge in [-0.1, -0.05) is 56.0 Å². The maximum atomic E-state index is 11.9. The number of carbonyl (C=O) groups is 2. The molecule has 110 valence electrons. The first-order valence-corrected chi connectivity index (χ1v) is 7.50. The zero-order valence-corrected chi connectivity index (χ0v) is 12.6. The Bertz CT molecular complexity index is 423. The molecule has 0 aliphatic heterocycles. The number of ketones is 1. The Kier molecular flexibility index (Phi) is 7.63. The lowest BCUT2D eigenvalue weighted by Gasteiger charge is -2.05. The Morgan fingerprint density at radius 1 is 1.00 bits per heavy atom. The van der Waals surface area contributed by atoms with Crippen molar-refractivity contribution in [2.24, 2.45) is 0 Å². The molecule has 1 aromatic rings. The highest BCUT2D eigenvalue weighted by Crippen LogP contribution is 2.07. The largest absolute Gasteiger partial charge is 0.356 e. The van der Waals surface area contributed by atoms with Gasteiger partial charge in [-0.25, -0.2) is 0 Å². The van der Waals surface area contributed by atoms with Crippen LogP contribution in [-0.4, -0.2) is 18.2 Å². The number of hydrogen-bond acceptors (Lipinski definition) is 2. The molecule has 0 unspecified atom stereocenters. The number of aryl methyl sites for hydroxylation is 1. The molecule has 0 heterocycles. The van der Waals surface area contributed by atoms with Crippen LogP contribution in [0.2, 0.25) is 0 Å². The van der Waals surface area contributed by atoms with Gasteiger partial charge in [0, 0.05) is 24.9 Å². The third-order valence-electron chi connectivity index (χ3n) is 3.31. The molecule has 0 spiro atoms. The fourth-order valence-corrected chi connectivity index (χ4v) is 1.98. The zero-order chi connectivity index (χ0) is 14.8. The summed E-state index contributed by atoms with van der Waals surface area (Å²) in [5, 5.41) is 2.87. The van der Waals surface area contributed by atoms with Crippen molar-refractivity contribution in [1.82, 2.24) is 5.32 Å². The van der Waals surface area contributed by atoms with Crippen LogP contribution in [-0.2, 0) is 4.79 Å². The molecule has 0 saturated heterocycles. The smallest absolute Gasteiger partial charge is 0.220 e. The van der Waals surface area contributed by atoms with Gasteiger partial charge >= 0.3 is 0 Å². The predicted octanol–water partition coefficient (Wildman–Crippen LogP) is 3.65. The van der Waals surface area contributed by atoms with Gasteiger partial charge in [0.25, 0.3) is 0 Å². The molecule has 1 amide bonds. The SMILES string of the molecule is CCCCCCNC(=O)CCC(=O)c1ccc(C)cc1. The van der Waals surface area contributed by atoms with Crippen molar-refractivity contribution < 1.29 is 9.59 Å². The van der Waals surface area contributed by atoms with E-state index in [1.165, 1.54) is 12.8 Å². The number of hydrogen-bond donors (Lipinski definition) is 1. The second-order valence-corrected chi connectivity index (χ2v) is 5.20. The van der Waals surface area contributed by atoms with Crippen molar-refractivity contribution in [3.63, 3.8) is 0 Å². The summed E-state index contributed by atoms with van der Waals surface area (Å²) >= 11 is 0. The van der Waals surface area contributed by atoms with E-state index in [4.69, 9.17) is 0 Å². The highest BCUT2D eigenvalue weighted by Gasteiger charge is 2.08. The standard InChI is InChI=1S/C17H25NO2/c1-3-4-5-6-13-18-17(20)12-11-16(19)15-9-7-14(2)8-10-15/h7-10H,3-6,11-13H2,1-2H3,(H,18,20). The Morgan fingerprint density at radius 3 is 2.35 bits per heavy atom. The summed E-state index contributed by atoms with van der Waals surface area (Å²) in [5.41, 5.74) is 1.82. The lowest BCUT2D eigenvalue weighted by Crippen LogP contribution is -2.24. The molecule has 0 radical (unpaired) electrons. The number of amides is 1. The van der Waals surface area contributed by atoms with E-state index in [0.717, 1.165) is 24.9 Å². The van der Waals surface area contributed by atoms with Crippen molar-refractivity contribution in [1.29, 1.82) is 0 Å². The number of benzene rings is 1. The van der Waals surface area contributed by atoms with Gasteiger partial charge in [0.1, 0.15) is 0 Å². The molecule has 20 heavy (non-hydrogen) atoms. The molecule has 1 rings (SSSR count). The first-order valence-electron chi connectivity index (χ1n) is 7.50. The van der Waals surface area contributed by atoms with Gasteiger partial charge in [0.15, 0.2) is 5.78 Å². The minimum atomic E-state index is -0.0260. The van der Waals surface area contributed by atoms with Gasteiger partial charge in [-0.15, -0.1) is 0 Å². The Morgan fingerprint density at radius 2 is 1.70 bits per heavy atom. The maximum absolute atomic E-state index is 11.9. The monoisotopic (exact) mass is 275 g/mol. The number of unbranched alkanes of at least 4 members (excludes halogenated alkanes) is 3. The molecule has 0 bridgehead atoms. The normalized spacial score (nSPS) is 10.3. The van der Waals surface area contributed by atoms with Crippen molar-refractivity contribution >= 4 is 11.7 Å². The van der Waals surface area contributed by atoms with E-state index < -0.39 is 0 Å².